The van der Waals surface area contributed by atoms with E-state index in [0.717, 1.165) is 24.4 Å². The van der Waals surface area contributed by atoms with E-state index in [1.54, 1.807) is 0 Å². The van der Waals surface area contributed by atoms with Gasteiger partial charge in [-0.2, -0.15) is 0 Å². The van der Waals surface area contributed by atoms with E-state index in [4.69, 9.17) is 0 Å². The van der Waals surface area contributed by atoms with E-state index in [2.05, 4.69) is 39.1 Å². The SMILES string of the molecule is CCN(C)C1(CNC(=O)c2cnc(-c3csc(C)n3)[nH]c2=O)CCCC1. The largest absolute Gasteiger partial charge is 0.350 e. The van der Waals surface area contributed by atoms with E-state index in [9.17, 15) is 9.59 Å². The van der Waals surface area contributed by atoms with E-state index in [0.29, 0.717) is 18.1 Å². The van der Waals surface area contributed by atoms with Crippen molar-refractivity contribution in [3.05, 3.63) is 32.5 Å². The highest BCUT2D eigenvalue weighted by Gasteiger charge is 2.37. The van der Waals surface area contributed by atoms with E-state index in [-0.39, 0.29) is 17.0 Å². The summed E-state index contributed by atoms with van der Waals surface area (Å²) in [5, 5.41) is 5.67. The zero-order chi connectivity index (χ0) is 18.7. The molecule has 140 valence electrons. The molecule has 2 aromatic heterocycles. The van der Waals surface area contributed by atoms with Crippen LogP contribution in [0.5, 0.6) is 0 Å². The lowest BCUT2D eigenvalue weighted by atomic mass is 9.95. The molecule has 2 aromatic rings. The molecular weight excluding hydrogens is 350 g/mol. The summed E-state index contributed by atoms with van der Waals surface area (Å²) in [5.41, 5.74) is 0.198. The first-order chi connectivity index (χ1) is 12.4. The summed E-state index contributed by atoms with van der Waals surface area (Å²) < 4.78 is 0. The average molecular weight is 375 g/mol. The van der Waals surface area contributed by atoms with Crippen LogP contribution in [-0.2, 0) is 0 Å². The van der Waals surface area contributed by atoms with Crippen molar-refractivity contribution in [2.45, 2.75) is 45.1 Å². The van der Waals surface area contributed by atoms with Crippen LogP contribution in [0.15, 0.2) is 16.4 Å². The number of hydrogen-bond donors (Lipinski definition) is 2. The molecule has 1 aliphatic rings. The van der Waals surface area contributed by atoms with Crippen LogP contribution in [0.3, 0.4) is 0 Å². The minimum atomic E-state index is -0.442. The lowest BCUT2D eigenvalue weighted by Gasteiger charge is -2.38. The molecule has 3 rings (SSSR count). The minimum Gasteiger partial charge on any atom is -0.350 e. The number of thiazole rings is 1. The van der Waals surface area contributed by atoms with E-state index in [1.807, 2.05) is 12.3 Å². The Bertz CT molecular complexity index is 838. The van der Waals surface area contributed by atoms with Gasteiger partial charge in [0.1, 0.15) is 11.3 Å². The van der Waals surface area contributed by atoms with Gasteiger partial charge in [-0.3, -0.25) is 14.5 Å². The first-order valence-corrected chi connectivity index (χ1v) is 9.84. The number of nitrogens with one attached hydrogen (secondary N) is 2. The van der Waals surface area contributed by atoms with Gasteiger partial charge in [0.25, 0.3) is 11.5 Å². The summed E-state index contributed by atoms with van der Waals surface area (Å²) in [7, 11) is 2.09. The average Bonchev–Trinajstić information content (AvgIpc) is 3.28. The number of carbonyl (C=O) groups is 1. The number of amides is 1. The number of aromatic amines is 1. The second-order valence-corrected chi connectivity index (χ2v) is 7.92. The van der Waals surface area contributed by atoms with Gasteiger partial charge in [-0.15, -0.1) is 11.3 Å². The molecule has 0 bridgehead atoms. The molecule has 0 atom stereocenters. The van der Waals surface area contributed by atoms with Crippen molar-refractivity contribution in [3.8, 4) is 11.5 Å². The number of hydrogen-bond acceptors (Lipinski definition) is 6. The number of nitrogens with zero attached hydrogens (tertiary/aromatic N) is 3. The van der Waals surface area contributed by atoms with Gasteiger partial charge in [0.2, 0.25) is 0 Å². The van der Waals surface area contributed by atoms with Crippen LogP contribution in [0.1, 0.15) is 48.0 Å². The number of carbonyl (C=O) groups excluding carboxylic acids is 1. The fourth-order valence-corrected chi connectivity index (χ4v) is 4.16. The molecule has 2 N–H and O–H groups in total. The standard InChI is InChI=1S/C18H25N5O2S/c1-4-23(3)18(7-5-6-8-18)11-20-16(24)13-9-19-15(22-17(13)25)14-10-26-12(2)21-14/h9-10H,4-8,11H2,1-3H3,(H,20,24)(H,19,22,25). The highest BCUT2D eigenvalue weighted by Crippen LogP contribution is 2.33. The molecule has 1 aliphatic carbocycles. The minimum absolute atomic E-state index is 0.0112. The number of aryl methyl sites for hydroxylation is 1. The summed E-state index contributed by atoms with van der Waals surface area (Å²) in [6, 6.07) is 0. The Kier molecular flexibility index (Phi) is 5.52. The van der Waals surface area contributed by atoms with Gasteiger partial charge >= 0.3 is 0 Å². The Hall–Kier alpha value is -2.06. The summed E-state index contributed by atoms with van der Waals surface area (Å²) in [4.78, 5) is 38.3. The van der Waals surface area contributed by atoms with Crippen LogP contribution in [0, 0.1) is 6.92 Å². The van der Waals surface area contributed by atoms with Crippen LogP contribution in [0.25, 0.3) is 11.5 Å². The Balaban J connectivity index is 1.73. The molecule has 7 nitrogen and oxygen atoms in total. The molecule has 0 aromatic carbocycles. The van der Waals surface area contributed by atoms with Crippen molar-refractivity contribution in [1.29, 1.82) is 0 Å². The Morgan fingerprint density at radius 1 is 1.42 bits per heavy atom. The van der Waals surface area contributed by atoms with Crippen molar-refractivity contribution in [1.82, 2.24) is 25.2 Å². The molecule has 0 aliphatic heterocycles. The second-order valence-electron chi connectivity index (χ2n) is 6.85. The quantitative estimate of drug-likeness (QED) is 0.808. The van der Waals surface area contributed by atoms with Gasteiger partial charge in [0.15, 0.2) is 5.82 Å². The fraction of sp³-hybridized carbons (Fsp3) is 0.556. The monoisotopic (exact) mass is 375 g/mol. The van der Waals surface area contributed by atoms with E-state index < -0.39 is 5.56 Å². The van der Waals surface area contributed by atoms with Gasteiger partial charge in [-0.25, -0.2) is 9.97 Å². The molecule has 1 saturated carbocycles. The zero-order valence-corrected chi connectivity index (χ0v) is 16.3. The number of likely N-dealkylation sites (N-methyl/N-ethyl adjacent to an activating group) is 1. The molecule has 1 amide bonds. The van der Waals surface area contributed by atoms with Crippen LogP contribution >= 0.6 is 11.3 Å². The molecule has 0 radical (unpaired) electrons. The highest BCUT2D eigenvalue weighted by atomic mass is 32.1. The maximum atomic E-state index is 12.5. The van der Waals surface area contributed by atoms with E-state index >= 15 is 0 Å². The molecule has 2 heterocycles. The van der Waals surface area contributed by atoms with Crippen LogP contribution in [0.4, 0.5) is 0 Å². The van der Waals surface area contributed by atoms with Crippen LogP contribution < -0.4 is 10.9 Å². The molecule has 1 fully saturated rings. The Morgan fingerprint density at radius 2 is 2.15 bits per heavy atom. The normalized spacial score (nSPS) is 16.2. The smallest absolute Gasteiger partial charge is 0.264 e. The third-order valence-corrected chi connectivity index (χ3v) is 6.08. The second kappa shape index (κ2) is 7.67. The maximum Gasteiger partial charge on any atom is 0.264 e. The van der Waals surface area contributed by atoms with Crippen molar-refractivity contribution in [3.63, 3.8) is 0 Å². The van der Waals surface area contributed by atoms with Crippen molar-refractivity contribution < 1.29 is 4.79 Å². The van der Waals surface area contributed by atoms with Gasteiger partial charge < -0.3 is 10.3 Å². The van der Waals surface area contributed by atoms with Gasteiger partial charge in [-0.05, 0) is 33.4 Å². The number of rotatable bonds is 6. The number of aromatic nitrogens is 3. The molecule has 0 saturated heterocycles. The first kappa shape index (κ1) is 18.7. The molecule has 0 unspecified atom stereocenters. The lowest BCUT2D eigenvalue weighted by Crippen LogP contribution is -2.52. The Labute approximate surface area is 156 Å². The first-order valence-electron chi connectivity index (χ1n) is 8.96. The third kappa shape index (κ3) is 3.71. The topological polar surface area (TPSA) is 91.0 Å². The summed E-state index contributed by atoms with van der Waals surface area (Å²) >= 11 is 1.49. The van der Waals surface area contributed by atoms with Gasteiger partial charge in [0.05, 0.1) is 5.01 Å². The Morgan fingerprint density at radius 3 is 2.73 bits per heavy atom. The van der Waals surface area contributed by atoms with Crippen molar-refractivity contribution in [2.75, 3.05) is 20.1 Å². The van der Waals surface area contributed by atoms with Crippen LogP contribution in [-0.4, -0.2) is 51.4 Å². The lowest BCUT2D eigenvalue weighted by molar-refractivity contribution is 0.0873. The number of H-pyrrole nitrogens is 1. The van der Waals surface area contributed by atoms with Crippen LogP contribution in [0.2, 0.25) is 0 Å². The highest BCUT2D eigenvalue weighted by molar-refractivity contribution is 7.09. The van der Waals surface area contributed by atoms with Crippen molar-refractivity contribution >= 4 is 17.2 Å². The van der Waals surface area contributed by atoms with Gasteiger partial charge in [-0.1, -0.05) is 19.8 Å². The predicted octanol–water partition coefficient (Wildman–Crippen LogP) is 2.20. The zero-order valence-electron chi connectivity index (χ0n) is 15.5. The third-order valence-electron chi connectivity index (χ3n) is 5.30. The predicted molar refractivity (Wildman–Crippen MR) is 103 cm³/mol. The summed E-state index contributed by atoms with van der Waals surface area (Å²) in [6.45, 7) is 5.48. The molecular formula is C18H25N5O2S. The fourth-order valence-electron chi connectivity index (χ4n) is 3.56. The summed E-state index contributed by atoms with van der Waals surface area (Å²) in [6.07, 6.45) is 5.81. The summed E-state index contributed by atoms with van der Waals surface area (Å²) in [5.74, 6) is 0.00409. The van der Waals surface area contributed by atoms with Crippen molar-refractivity contribution in [2.24, 2.45) is 0 Å². The molecule has 26 heavy (non-hydrogen) atoms. The van der Waals surface area contributed by atoms with Gasteiger partial charge in [0, 0.05) is 23.7 Å². The molecule has 0 spiro atoms. The molecule has 8 heteroatoms. The maximum absolute atomic E-state index is 12.5. The van der Waals surface area contributed by atoms with E-state index in [1.165, 1.54) is 30.4 Å².